The van der Waals surface area contributed by atoms with Gasteiger partial charge in [0, 0.05) is 24.8 Å². The lowest BCUT2D eigenvalue weighted by molar-refractivity contribution is -0.145. The Bertz CT molecular complexity index is 1410. The van der Waals surface area contributed by atoms with Gasteiger partial charge < -0.3 is 15.7 Å². The van der Waals surface area contributed by atoms with Crippen molar-refractivity contribution in [3.05, 3.63) is 41.9 Å². The van der Waals surface area contributed by atoms with E-state index in [0.29, 0.717) is 4.68 Å². The van der Waals surface area contributed by atoms with Crippen LogP contribution in [0.5, 0.6) is 0 Å². The molecule has 42 heavy (non-hydrogen) atoms. The van der Waals surface area contributed by atoms with Gasteiger partial charge >= 0.3 is 12.4 Å². The highest BCUT2D eigenvalue weighted by Gasteiger charge is 2.40. The Hall–Kier alpha value is -3.90. The topological polar surface area (TPSA) is 139 Å². The minimum absolute atomic E-state index is 0.0434. The number of amides is 2. The van der Waals surface area contributed by atoms with E-state index in [0.717, 1.165) is 12.5 Å². The van der Waals surface area contributed by atoms with E-state index in [1.165, 1.54) is 16.8 Å². The monoisotopic (exact) mass is 612 g/mol. The molecular weight excluding hydrogens is 588 g/mol. The van der Waals surface area contributed by atoms with Gasteiger partial charge in [-0.3, -0.25) is 9.59 Å². The lowest BCUT2D eigenvalue weighted by Gasteiger charge is -2.33. The van der Waals surface area contributed by atoms with E-state index in [-0.39, 0.29) is 29.7 Å². The molecule has 19 heteroatoms. The van der Waals surface area contributed by atoms with E-state index in [4.69, 9.17) is 0 Å². The molecule has 4 rings (SSSR count). The second-order valence-electron chi connectivity index (χ2n) is 9.84. The van der Waals surface area contributed by atoms with Crippen LogP contribution < -0.4 is 10.6 Å². The summed E-state index contributed by atoms with van der Waals surface area (Å²) in [6, 6.07) is 0.181. The van der Waals surface area contributed by atoms with E-state index in [1.807, 2.05) is 5.32 Å². The molecule has 2 amide bonds. The van der Waals surface area contributed by atoms with Crippen LogP contribution in [0.4, 0.5) is 35.1 Å². The SMILES string of the molecule is O=C(CCC(F)(F)F)N[C@H](O)c1cnn2cc([C@@H](NC(=O)c3ncnn3CC(F)(F)F)C3CCC(F)(F)CC3)nc2c1. The van der Waals surface area contributed by atoms with Gasteiger partial charge in [0.2, 0.25) is 17.7 Å². The first-order chi connectivity index (χ1) is 19.5. The average molecular weight is 612 g/mol. The number of carbonyl (C=O) groups excluding carboxylic acids is 2. The number of nitrogens with zero attached hydrogens (tertiary/aromatic N) is 6. The third-order valence-corrected chi connectivity index (χ3v) is 6.59. The zero-order valence-electron chi connectivity index (χ0n) is 21.5. The summed E-state index contributed by atoms with van der Waals surface area (Å²) in [5.74, 6) is -6.31. The molecule has 1 fully saturated rings. The fourth-order valence-corrected chi connectivity index (χ4v) is 4.53. The molecule has 0 bridgehead atoms. The fraction of sp³-hybridized carbons (Fsp3) is 0.565. The summed E-state index contributed by atoms with van der Waals surface area (Å²) in [7, 11) is 0. The van der Waals surface area contributed by atoms with Crippen LogP contribution in [0.15, 0.2) is 24.8 Å². The van der Waals surface area contributed by atoms with Gasteiger partial charge in [-0.25, -0.2) is 27.9 Å². The number of carbonyl (C=O) groups is 2. The quantitative estimate of drug-likeness (QED) is 0.248. The number of halogens is 8. The van der Waals surface area contributed by atoms with Crippen LogP contribution in [0.2, 0.25) is 0 Å². The first-order valence-corrected chi connectivity index (χ1v) is 12.5. The molecule has 0 saturated heterocycles. The maximum atomic E-state index is 13.9. The number of alkyl halides is 8. The molecule has 230 valence electrons. The molecular formula is C23H24F8N8O3. The summed E-state index contributed by atoms with van der Waals surface area (Å²) in [5.41, 5.74) is 0.110. The Labute approximate surface area is 231 Å². The van der Waals surface area contributed by atoms with Crippen LogP contribution in [0.1, 0.15) is 72.7 Å². The Morgan fingerprint density at radius 3 is 2.40 bits per heavy atom. The predicted molar refractivity (Wildman–Crippen MR) is 125 cm³/mol. The van der Waals surface area contributed by atoms with E-state index in [2.05, 4.69) is 25.5 Å². The molecule has 0 aromatic carbocycles. The van der Waals surface area contributed by atoms with Crippen molar-refractivity contribution in [1.29, 1.82) is 0 Å². The molecule has 11 nitrogen and oxygen atoms in total. The molecule has 3 heterocycles. The summed E-state index contributed by atoms with van der Waals surface area (Å²) in [6.45, 7) is -1.59. The third kappa shape index (κ3) is 8.10. The van der Waals surface area contributed by atoms with E-state index in [9.17, 15) is 49.8 Å². The molecule has 3 aromatic rings. The highest BCUT2D eigenvalue weighted by molar-refractivity contribution is 5.90. The van der Waals surface area contributed by atoms with Crippen LogP contribution in [0.25, 0.3) is 5.65 Å². The van der Waals surface area contributed by atoms with Gasteiger partial charge in [-0.1, -0.05) is 0 Å². The highest BCUT2D eigenvalue weighted by Crippen LogP contribution is 2.41. The molecule has 1 saturated carbocycles. The van der Waals surface area contributed by atoms with Gasteiger partial charge in [-0.05, 0) is 24.8 Å². The third-order valence-electron chi connectivity index (χ3n) is 6.59. The molecule has 1 aliphatic carbocycles. The van der Waals surface area contributed by atoms with Crippen molar-refractivity contribution in [3.8, 4) is 0 Å². The van der Waals surface area contributed by atoms with Gasteiger partial charge in [-0.2, -0.15) is 36.5 Å². The van der Waals surface area contributed by atoms with Crippen molar-refractivity contribution < 1.29 is 49.8 Å². The molecule has 0 aliphatic heterocycles. The van der Waals surface area contributed by atoms with Crippen LogP contribution in [-0.4, -0.2) is 64.6 Å². The van der Waals surface area contributed by atoms with E-state index < -0.39 is 86.3 Å². The van der Waals surface area contributed by atoms with Crippen molar-refractivity contribution in [1.82, 2.24) is 40.0 Å². The molecule has 0 spiro atoms. The Morgan fingerprint density at radius 1 is 1.07 bits per heavy atom. The Balaban J connectivity index is 1.57. The minimum Gasteiger partial charge on any atom is -0.369 e. The summed E-state index contributed by atoms with van der Waals surface area (Å²) < 4.78 is 105. The molecule has 3 N–H and O–H groups in total. The number of rotatable bonds is 9. The van der Waals surface area contributed by atoms with Gasteiger partial charge in [0.25, 0.3) is 5.91 Å². The van der Waals surface area contributed by atoms with Crippen LogP contribution in [0.3, 0.4) is 0 Å². The summed E-state index contributed by atoms with van der Waals surface area (Å²) >= 11 is 0. The number of aromatic nitrogens is 6. The van der Waals surface area contributed by atoms with Gasteiger partial charge in [0.05, 0.1) is 30.6 Å². The van der Waals surface area contributed by atoms with Gasteiger partial charge in [-0.15, -0.1) is 0 Å². The number of fused-ring (bicyclic) bond motifs is 1. The molecule has 3 aromatic heterocycles. The first kappa shape index (κ1) is 31.0. The second kappa shape index (κ2) is 11.8. The van der Waals surface area contributed by atoms with Crippen LogP contribution >= 0.6 is 0 Å². The minimum atomic E-state index is -4.70. The standard InChI is InChI=1S/C23H24F8N8O3/c24-21(25)4-1-12(2-5-21)17(37-20(42)18-32-11-34-39(18)10-23(29,30)31)14-9-38-15(35-14)7-13(8-33-38)19(41)36-16(40)3-6-22(26,27)28/h7-9,11-12,17,19,41H,1-6,10H2,(H,36,40)(H,37,42)/t17-,19+/m0/s1. The van der Waals surface area contributed by atoms with E-state index >= 15 is 0 Å². The Morgan fingerprint density at radius 2 is 1.76 bits per heavy atom. The number of imidazole rings is 1. The molecule has 0 unspecified atom stereocenters. The highest BCUT2D eigenvalue weighted by atomic mass is 19.4. The number of hydrogen-bond donors (Lipinski definition) is 3. The predicted octanol–water partition coefficient (Wildman–Crippen LogP) is 3.63. The number of aliphatic hydroxyl groups is 1. The lowest BCUT2D eigenvalue weighted by Crippen LogP contribution is -2.38. The van der Waals surface area contributed by atoms with Gasteiger partial charge in [0.15, 0.2) is 11.9 Å². The van der Waals surface area contributed by atoms with Crippen molar-refractivity contribution in [2.75, 3.05) is 0 Å². The smallest absolute Gasteiger partial charge is 0.369 e. The maximum absolute atomic E-state index is 13.9. The van der Waals surface area contributed by atoms with Crippen LogP contribution in [-0.2, 0) is 11.3 Å². The van der Waals surface area contributed by atoms with Crippen LogP contribution in [0, 0.1) is 5.92 Å². The largest absolute Gasteiger partial charge is 0.408 e. The van der Waals surface area contributed by atoms with Gasteiger partial charge in [0.1, 0.15) is 12.9 Å². The number of nitrogens with one attached hydrogen (secondary N) is 2. The fourth-order valence-electron chi connectivity index (χ4n) is 4.53. The second-order valence-corrected chi connectivity index (χ2v) is 9.84. The lowest BCUT2D eigenvalue weighted by atomic mass is 9.81. The number of aliphatic hydroxyl groups excluding tert-OH is 1. The van der Waals surface area contributed by atoms with Crippen molar-refractivity contribution in [2.24, 2.45) is 5.92 Å². The van der Waals surface area contributed by atoms with Crippen molar-refractivity contribution in [3.63, 3.8) is 0 Å². The maximum Gasteiger partial charge on any atom is 0.408 e. The molecule has 1 aliphatic rings. The summed E-state index contributed by atoms with van der Waals surface area (Å²) in [4.78, 5) is 32.7. The normalized spacial score (nSPS) is 17.6. The Kier molecular flexibility index (Phi) is 8.70. The average Bonchev–Trinajstić information content (AvgIpc) is 3.51. The first-order valence-electron chi connectivity index (χ1n) is 12.5. The molecule has 0 radical (unpaired) electrons. The molecule has 2 atom stereocenters. The van der Waals surface area contributed by atoms with E-state index in [1.54, 1.807) is 0 Å². The zero-order chi connectivity index (χ0) is 30.9. The summed E-state index contributed by atoms with van der Waals surface area (Å²) in [5, 5.41) is 22.3. The number of hydrogen-bond acceptors (Lipinski definition) is 7. The zero-order valence-corrected chi connectivity index (χ0v) is 21.5. The van der Waals surface area contributed by atoms with Crippen molar-refractivity contribution in [2.45, 2.75) is 75.6 Å². The summed E-state index contributed by atoms with van der Waals surface area (Å²) in [6.07, 6.45) is -11.2. The van der Waals surface area contributed by atoms with Crippen molar-refractivity contribution >= 4 is 17.5 Å².